The summed E-state index contributed by atoms with van der Waals surface area (Å²) in [7, 11) is 5.28. The van der Waals surface area contributed by atoms with Crippen LogP contribution in [-0.4, -0.2) is 0 Å². The van der Waals surface area contributed by atoms with Crippen LogP contribution < -0.4 is 5.30 Å². The van der Waals surface area contributed by atoms with Crippen LogP contribution in [0.2, 0.25) is 0 Å². The lowest BCUT2D eigenvalue weighted by molar-refractivity contribution is 1.65. The van der Waals surface area contributed by atoms with Crippen molar-refractivity contribution in [2.75, 3.05) is 0 Å². The van der Waals surface area contributed by atoms with Crippen molar-refractivity contribution in [1.29, 1.82) is 0 Å². The van der Waals surface area contributed by atoms with Crippen LogP contribution in [0, 0.1) is 0 Å². The average molecular weight is 216 g/mol. The third-order valence-corrected chi connectivity index (χ3v) is 2.71. The lowest BCUT2D eigenvalue weighted by Crippen LogP contribution is -1.89. The number of rotatable bonds is 1. The van der Waals surface area contributed by atoms with Crippen LogP contribution >= 0.6 is 18.5 Å². The van der Waals surface area contributed by atoms with Gasteiger partial charge in [-0.25, -0.2) is 0 Å². The minimum absolute atomic E-state index is 1.04. The highest BCUT2D eigenvalue weighted by atomic mass is 31.0. The summed E-state index contributed by atoms with van der Waals surface area (Å²) in [4.78, 5) is 0. The van der Waals surface area contributed by atoms with Gasteiger partial charge in [0, 0.05) is 10.9 Å². The monoisotopic (exact) mass is 216 g/mol. The normalized spacial score (nSPS) is 13.9. The van der Waals surface area contributed by atoms with Crippen molar-refractivity contribution in [2.45, 2.75) is 0 Å². The Balaban J connectivity index is 2.48. The highest BCUT2D eigenvalue weighted by Crippen LogP contribution is 2.19. The molecule has 14 heavy (non-hydrogen) atoms. The minimum atomic E-state index is 1.04. The zero-order chi connectivity index (χ0) is 9.97. The molecule has 2 atom stereocenters. The van der Waals surface area contributed by atoms with E-state index in [-0.39, 0.29) is 0 Å². The molecule has 0 amide bonds. The summed E-state index contributed by atoms with van der Waals surface area (Å²) in [5.74, 6) is 0. The molecule has 2 unspecified atom stereocenters. The Bertz CT molecular complexity index is 480. The van der Waals surface area contributed by atoms with Gasteiger partial charge in [0.2, 0.25) is 0 Å². The molecule has 0 heterocycles. The largest absolute Gasteiger partial charge is 0.106 e. The first-order chi connectivity index (χ1) is 6.75. The summed E-state index contributed by atoms with van der Waals surface area (Å²) in [5, 5.41) is 2.23. The number of hydrogen-bond acceptors (Lipinski definition) is 0. The summed E-state index contributed by atoms with van der Waals surface area (Å²) in [5.41, 5.74) is 8.43. The van der Waals surface area contributed by atoms with Gasteiger partial charge in [-0.15, -0.1) is 9.24 Å². The highest BCUT2D eigenvalue weighted by molar-refractivity contribution is 7.27. The molecule has 0 saturated carbocycles. The maximum absolute atomic E-state index is 3.12. The van der Waals surface area contributed by atoms with Crippen molar-refractivity contribution in [2.24, 2.45) is 0 Å². The van der Waals surface area contributed by atoms with Gasteiger partial charge >= 0.3 is 0 Å². The Morgan fingerprint density at radius 1 is 0.857 bits per heavy atom. The Hall–Kier alpha value is -0.880. The van der Waals surface area contributed by atoms with Gasteiger partial charge in [0.15, 0.2) is 0 Å². The first-order valence-electron chi connectivity index (χ1n) is 4.31. The fraction of sp³-hybridized carbons (Fsp3) is 0. The van der Waals surface area contributed by atoms with Crippen molar-refractivity contribution in [3.63, 3.8) is 0 Å². The van der Waals surface area contributed by atoms with E-state index in [1.807, 2.05) is 6.08 Å². The van der Waals surface area contributed by atoms with Crippen molar-refractivity contribution in [3.8, 4) is 0 Å². The highest BCUT2D eigenvalue weighted by Gasteiger charge is 1.98. The summed E-state index contributed by atoms with van der Waals surface area (Å²) >= 11 is 0. The van der Waals surface area contributed by atoms with Gasteiger partial charge in [-0.2, -0.15) is 0 Å². The van der Waals surface area contributed by atoms with Gasteiger partial charge in [-0.1, -0.05) is 45.0 Å². The van der Waals surface area contributed by atoms with Crippen LogP contribution in [0.25, 0.3) is 5.57 Å². The van der Waals surface area contributed by atoms with E-state index in [9.17, 15) is 0 Å². The Morgan fingerprint density at radius 3 is 2.14 bits per heavy atom. The lowest BCUT2D eigenvalue weighted by atomic mass is 10.1. The zero-order valence-electron chi connectivity index (χ0n) is 7.62. The molecule has 0 N–H and O–H groups in total. The fourth-order valence-corrected chi connectivity index (χ4v) is 1.59. The molecule has 2 heteroatoms. The van der Waals surface area contributed by atoms with E-state index in [1.54, 1.807) is 0 Å². The molecule has 1 aromatic carbocycles. The maximum atomic E-state index is 3.12. The second kappa shape index (κ2) is 4.10. The standard InChI is InChI=1S/C12H10P2/c13-11-5-1-9(2-6-11)10-3-7-12(14)8-4-10/h1-3,5-7H,13-14H2. The molecule has 0 nitrogen and oxygen atoms in total. The summed E-state index contributed by atoms with van der Waals surface area (Å²) in [6.45, 7) is 0. The molecule has 0 fully saturated rings. The van der Waals surface area contributed by atoms with Gasteiger partial charge in [-0.05, 0) is 23.0 Å². The number of benzene rings is 1. The number of allylic oxidation sites excluding steroid dienone is 4. The van der Waals surface area contributed by atoms with Gasteiger partial charge in [0.1, 0.15) is 0 Å². The smallest absolute Gasteiger partial charge is 0.0321 e. The van der Waals surface area contributed by atoms with E-state index in [1.165, 1.54) is 10.9 Å². The fourth-order valence-electron chi connectivity index (χ4n) is 1.23. The molecule has 2 rings (SSSR count). The second-order valence-corrected chi connectivity index (χ2v) is 4.36. The third kappa shape index (κ3) is 2.13. The summed E-state index contributed by atoms with van der Waals surface area (Å²) in [6, 6.07) is 8.32. The molecule has 1 aromatic rings. The lowest BCUT2D eigenvalue weighted by Gasteiger charge is -2.01. The predicted molar refractivity (Wildman–Crippen MR) is 68.6 cm³/mol. The average Bonchev–Trinajstić information content (AvgIpc) is 2.21. The van der Waals surface area contributed by atoms with Crippen molar-refractivity contribution in [3.05, 3.63) is 58.8 Å². The molecule has 1 aliphatic rings. The van der Waals surface area contributed by atoms with Crippen molar-refractivity contribution >= 4 is 29.4 Å². The predicted octanol–water partition coefficient (Wildman–Crippen LogP) is 2.65. The Labute approximate surface area is 88.5 Å². The van der Waals surface area contributed by atoms with E-state index in [2.05, 4.69) is 60.3 Å². The molecule has 0 aliphatic heterocycles. The maximum Gasteiger partial charge on any atom is 0.0321 e. The van der Waals surface area contributed by atoms with E-state index in [0.29, 0.717) is 0 Å². The van der Waals surface area contributed by atoms with Gasteiger partial charge < -0.3 is 0 Å². The molecule has 1 aliphatic carbocycles. The zero-order valence-corrected chi connectivity index (χ0v) is 9.93. The quantitative estimate of drug-likeness (QED) is 0.500. The first kappa shape index (κ1) is 9.67. The van der Waals surface area contributed by atoms with Crippen LogP contribution in [0.15, 0.2) is 53.2 Å². The molecule has 0 saturated heterocycles. The Kier molecular flexibility index (Phi) is 2.83. The molecule has 0 aromatic heterocycles. The minimum Gasteiger partial charge on any atom is -0.106 e. The van der Waals surface area contributed by atoms with E-state index >= 15 is 0 Å². The molecular weight excluding hydrogens is 206 g/mol. The van der Waals surface area contributed by atoms with Crippen LogP contribution in [0.3, 0.4) is 0 Å². The molecule has 0 bridgehead atoms. The summed E-state index contributed by atoms with van der Waals surface area (Å²) in [6.07, 6.45) is 4.07. The van der Waals surface area contributed by atoms with E-state index < -0.39 is 0 Å². The second-order valence-electron chi connectivity index (χ2n) is 3.07. The third-order valence-electron chi connectivity index (χ3n) is 1.99. The molecule has 0 spiro atoms. The SMILES string of the molecule is PC1=C=C=C(c2ccc(P)cc2)C=C1. The Morgan fingerprint density at radius 2 is 1.57 bits per heavy atom. The summed E-state index contributed by atoms with van der Waals surface area (Å²) < 4.78 is 0. The first-order valence-corrected chi connectivity index (χ1v) is 5.46. The van der Waals surface area contributed by atoms with Crippen LogP contribution in [-0.2, 0) is 0 Å². The molecule has 0 radical (unpaired) electrons. The van der Waals surface area contributed by atoms with E-state index in [0.717, 1.165) is 10.9 Å². The van der Waals surface area contributed by atoms with Crippen LogP contribution in [0.4, 0.5) is 0 Å². The van der Waals surface area contributed by atoms with E-state index in [4.69, 9.17) is 0 Å². The van der Waals surface area contributed by atoms with Crippen LogP contribution in [0.1, 0.15) is 5.56 Å². The van der Waals surface area contributed by atoms with Crippen molar-refractivity contribution in [1.82, 2.24) is 0 Å². The van der Waals surface area contributed by atoms with Crippen molar-refractivity contribution < 1.29 is 0 Å². The van der Waals surface area contributed by atoms with Gasteiger partial charge in [0.25, 0.3) is 0 Å². The van der Waals surface area contributed by atoms with Gasteiger partial charge in [0.05, 0.1) is 0 Å². The van der Waals surface area contributed by atoms with Gasteiger partial charge in [-0.3, -0.25) is 0 Å². The topological polar surface area (TPSA) is 0 Å². The molecular formula is C12H10P2. The van der Waals surface area contributed by atoms with Crippen LogP contribution in [0.5, 0.6) is 0 Å². The molecule has 68 valence electrons. The number of hydrogen-bond donors (Lipinski definition) is 0.